The molecule has 0 atom stereocenters. The molecule has 1 amide bonds. The number of carbonyl (C=O) groups excluding carboxylic acids is 1. The molecule has 0 aliphatic heterocycles. The molecule has 3 N–H and O–H groups in total. The summed E-state index contributed by atoms with van der Waals surface area (Å²) in [5.74, 6) is 1.98. The van der Waals surface area contributed by atoms with Gasteiger partial charge in [-0.3, -0.25) is 9.79 Å². The molecule has 0 unspecified atom stereocenters. The summed E-state index contributed by atoms with van der Waals surface area (Å²) in [5, 5.41) is 10.0. The van der Waals surface area contributed by atoms with E-state index in [-0.39, 0.29) is 5.91 Å². The number of hydrogen-bond acceptors (Lipinski definition) is 3. The summed E-state index contributed by atoms with van der Waals surface area (Å²) in [6.45, 7) is 1.62. The van der Waals surface area contributed by atoms with Crippen LogP contribution in [0.1, 0.15) is 25.7 Å². The second-order valence-electron chi connectivity index (χ2n) is 5.28. The van der Waals surface area contributed by atoms with Crippen LogP contribution in [0.3, 0.4) is 0 Å². The van der Waals surface area contributed by atoms with Gasteiger partial charge in [-0.05, 0) is 55.5 Å². The lowest BCUT2D eigenvalue weighted by Gasteiger charge is -2.11. The Morgan fingerprint density at radius 2 is 1.79 bits per heavy atom. The highest BCUT2D eigenvalue weighted by molar-refractivity contribution is 7.98. The van der Waals surface area contributed by atoms with Gasteiger partial charge in [0.2, 0.25) is 5.91 Å². The lowest BCUT2D eigenvalue weighted by atomic mass is 10.2. The summed E-state index contributed by atoms with van der Waals surface area (Å²) in [5.41, 5.74) is 0.764. The standard InChI is InChI=1S/C17H27ClN4OS/c1-19-17(20-11-3-4-13-24-2)21-12-5-6-16(23)22-15-9-7-14(18)8-10-15/h7-10H,3-6,11-13H2,1-2H3,(H,22,23)(H2,19,20,21). The Morgan fingerprint density at radius 3 is 2.42 bits per heavy atom. The number of hydrogen-bond donors (Lipinski definition) is 3. The molecule has 0 saturated carbocycles. The lowest BCUT2D eigenvalue weighted by Crippen LogP contribution is -2.38. The number of rotatable bonds is 10. The number of unbranched alkanes of at least 4 members (excludes halogenated alkanes) is 1. The number of halogens is 1. The van der Waals surface area contributed by atoms with Crippen molar-refractivity contribution in [1.82, 2.24) is 10.6 Å². The number of nitrogens with one attached hydrogen (secondary N) is 3. The number of thioether (sulfide) groups is 1. The minimum absolute atomic E-state index is 0.000801. The van der Waals surface area contributed by atoms with Gasteiger partial charge in [0.05, 0.1) is 0 Å². The molecule has 0 aliphatic rings. The molecule has 0 spiro atoms. The number of carbonyl (C=O) groups is 1. The monoisotopic (exact) mass is 370 g/mol. The van der Waals surface area contributed by atoms with E-state index < -0.39 is 0 Å². The highest BCUT2D eigenvalue weighted by Gasteiger charge is 2.03. The second kappa shape index (κ2) is 13.0. The molecule has 134 valence electrons. The third-order valence-electron chi connectivity index (χ3n) is 3.29. The topological polar surface area (TPSA) is 65.5 Å². The van der Waals surface area contributed by atoms with Crippen molar-refractivity contribution < 1.29 is 4.79 Å². The molecule has 0 aromatic heterocycles. The fraction of sp³-hybridized carbons (Fsp3) is 0.529. The van der Waals surface area contributed by atoms with Crippen molar-refractivity contribution >= 4 is 40.9 Å². The quantitative estimate of drug-likeness (QED) is 0.335. The van der Waals surface area contributed by atoms with Crippen LogP contribution in [0.25, 0.3) is 0 Å². The van der Waals surface area contributed by atoms with Gasteiger partial charge in [-0.1, -0.05) is 11.6 Å². The maximum absolute atomic E-state index is 11.9. The van der Waals surface area contributed by atoms with E-state index in [1.54, 1.807) is 31.3 Å². The first kappa shape index (κ1) is 20.6. The average molecular weight is 371 g/mol. The molecule has 0 heterocycles. The van der Waals surface area contributed by atoms with E-state index in [4.69, 9.17) is 11.6 Å². The zero-order valence-corrected chi connectivity index (χ0v) is 16.0. The molecular weight excluding hydrogens is 344 g/mol. The van der Waals surface area contributed by atoms with Crippen LogP contribution in [0, 0.1) is 0 Å². The van der Waals surface area contributed by atoms with Gasteiger partial charge in [0, 0.05) is 37.3 Å². The molecular formula is C17H27ClN4OS. The molecule has 5 nitrogen and oxygen atoms in total. The Labute approximate surface area is 154 Å². The molecule has 24 heavy (non-hydrogen) atoms. The Morgan fingerprint density at radius 1 is 1.12 bits per heavy atom. The van der Waals surface area contributed by atoms with Gasteiger partial charge in [0.15, 0.2) is 5.96 Å². The summed E-state index contributed by atoms with van der Waals surface area (Å²) in [6.07, 6.45) is 5.66. The van der Waals surface area contributed by atoms with Crippen molar-refractivity contribution in [3.63, 3.8) is 0 Å². The van der Waals surface area contributed by atoms with Crippen LogP contribution in [0.5, 0.6) is 0 Å². The van der Waals surface area contributed by atoms with Crippen LogP contribution < -0.4 is 16.0 Å². The lowest BCUT2D eigenvalue weighted by molar-refractivity contribution is -0.116. The van der Waals surface area contributed by atoms with E-state index in [9.17, 15) is 4.79 Å². The second-order valence-corrected chi connectivity index (χ2v) is 6.71. The summed E-state index contributed by atoms with van der Waals surface area (Å²) in [6, 6.07) is 7.10. The summed E-state index contributed by atoms with van der Waals surface area (Å²) < 4.78 is 0. The van der Waals surface area contributed by atoms with Crippen molar-refractivity contribution in [2.75, 3.05) is 37.5 Å². The van der Waals surface area contributed by atoms with Gasteiger partial charge in [-0.2, -0.15) is 11.8 Å². The maximum atomic E-state index is 11.9. The SMILES string of the molecule is CN=C(NCCCCSC)NCCCC(=O)Nc1ccc(Cl)cc1. The number of amides is 1. The van der Waals surface area contributed by atoms with Crippen LogP contribution in [-0.2, 0) is 4.79 Å². The van der Waals surface area contributed by atoms with Crippen molar-refractivity contribution in [3.8, 4) is 0 Å². The molecule has 0 fully saturated rings. The zero-order chi connectivity index (χ0) is 17.6. The van der Waals surface area contributed by atoms with E-state index >= 15 is 0 Å². The van der Waals surface area contributed by atoms with Crippen LogP contribution in [0.15, 0.2) is 29.3 Å². The third-order valence-corrected chi connectivity index (χ3v) is 4.24. The maximum Gasteiger partial charge on any atom is 0.224 e. The molecule has 0 saturated heterocycles. The van der Waals surface area contributed by atoms with E-state index in [1.165, 1.54) is 12.2 Å². The number of anilines is 1. The Hall–Kier alpha value is -1.40. The number of aliphatic imine (C=N–C) groups is 1. The Bertz CT molecular complexity index is 508. The molecule has 0 aliphatic carbocycles. The normalized spacial score (nSPS) is 11.2. The number of benzene rings is 1. The van der Waals surface area contributed by atoms with Gasteiger partial charge in [0.1, 0.15) is 0 Å². The van der Waals surface area contributed by atoms with Gasteiger partial charge < -0.3 is 16.0 Å². The Balaban J connectivity index is 2.12. The number of guanidine groups is 1. The molecule has 1 rings (SSSR count). The minimum atomic E-state index is -0.000801. The average Bonchev–Trinajstić information content (AvgIpc) is 2.58. The predicted octanol–water partition coefficient (Wildman–Crippen LogP) is 3.37. The van der Waals surface area contributed by atoms with E-state index in [0.717, 1.165) is 31.0 Å². The van der Waals surface area contributed by atoms with Crippen LogP contribution >= 0.6 is 23.4 Å². The molecule has 0 radical (unpaired) electrons. The highest BCUT2D eigenvalue weighted by atomic mass is 35.5. The van der Waals surface area contributed by atoms with E-state index in [2.05, 4.69) is 27.2 Å². The molecule has 1 aromatic carbocycles. The molecule has 7 heteroatoms. The van der Waals surface area contributed by atoms with Crippen LogP contribution in [-0.4, -0.2) is 44.0 Å². The first-order chi connectivity index (χ1) is 11.7. The van der Waals surface area contributed by atoms with Gasteiger partial charge in [0.25, 0.3) is 0 Å². The van der Waals surface area contributed by atoms with Gasteiger partial charge in [-0.15, -0.1) is 0 Å². The summed E-state index contributed by atoms with van der Waals surface area (Å²) in [7, 11) is 1.75. The van der Waals surface area contributed by atoms with Crippen molar-refractivity contribution in [1.29, 1.82) is 0 Å². The molecule has 1 aromatic rings. The smallest absolute Gasteiger partial charge is 0.224 e. The zero-order valence-electron chi connectivity index (χ0n) is 14.4. The van der Waals surface area contributed by atoms with Crippen molar-refractivity contribution in [3.05, 3.63) is 29.3 Å². The first-order valence-electron chi connectivity index (χ1n) is 8.14. The van der Waals surface area contributed by atoms with Crippen LogP contribution in [0.2, 0.25) is 5.02 Å². The van der Waals surface area contributed by atoms with Gasteiger partial charge in [-0.25, -0.2) is 0 Å². The fourth-order valence-electron chi connectivity index (χ4n) is 2.01. The van der Waals surface area contributed by atoms with Crippen molar-refractivity contribution in [2.24, 2.45) is 4.99 Å². The first-order valence-corrected chi connectivity index (χ1v) is 9.91. The van der Waals surface area contributed by atoms with E-state index in [1.807, 2.05) is 11.8 Å². The molecule has 0 bridgehead atoms. The van der Waals surface area contributed by atoms with Crippen molar-refractivity contribution in [2.45, 2.75) is 25.7 Å². The summed E-state index contributed by atoms with van der Waals surface area (Å²) in [4.78, 5) is 16.0. The minimum Gasteiger partial charge on any atom is -0.356 e. The van der Waals surface area contributed by atoms with Crippen LogP contribution in [0.4, 0.5) is 5.69 Å². The summed E-state index contributed by atoms with van der Waals surface area (Å²) >= 11 is 7.68. The van der Waals surface area contributed by atoms with E-state index in [0.29, 0.717) is 18.0 Å². The Kier molecular flexibility index (Phi) is 11.1. The largest absolute Gasteiger partial charge is 0.356 e. The highest BCUT2D eigenvalue weighted by Crippen LogP contribution is 2.13. The predicted molar refractivity (Wildman–Crippen MR) is 106 cm³/mol. The third kappa shape index (κ3) is 9.67. The fourth-order valence-corrected chi connectivity index (χ4v) is 2.63. The van der Waals surface area contributed by atoms with Gasteiger partial charge >= 0.3 is 0 Å². The number of nitrogens with zero attached hydrogens (tertiary/aromatic N) is 1.